The van der Waals surface area contributed by atoms with Gasteiger partial charge < -0.3 is 0 Å². The number of nitrogens with zero attached hydrogens (tertiary/aromatic N) is 1. The van der Waals surface area contributed by atoms with E-state index in [1.165, 1.54) is 11.4 Å². The first-order valence-electron chi connectivity index (χ1n) is 5.29. The van der Waals surface area contributed by atoms with Crippen molar-refractivity contribution in [1.82, 2.24) is 0 Å². The summed E-state index contributed by atoms with van der Waals surface area (Å²) in [4.78, 5) is 0. The van der Waals surface area contributed by atoms with Crippen LogP contribution in [0.4, 0.5) is 0 Å². The summed E-state index contributed by atoms with van der Waals surface area (Å²) in [7, 11) is 2.15. The van der Waals surface area contributed by atoms with Gasteiger partial charge in [0.05, 0.1) is 0 Å². The fraction of sp³-hybridized carbons (Fsp3) is 0.615. The van der Waals surface area contributed by atoms with E-state index in [2.05, 4.69) is 64.4 Å². The highest BCUT2D eigenvalue weighted by Crippen LogP contribution is 2.32. The topological polar surface area (TPSA) is 3.88 Å². The molecule has 0 saturated carbocycles. The van der Waals surface area contributed by atoms with Crippen molar-refractivity contribution < 1.29 is 4.57 Å². The van der Waals surface area contributed by atoms with Crippen molar-refractivity contribution in [2.24, 2.45) is 12.5 Å². The fourth-order valence-electron chi connectivity index (χ4n) is 1.59. The summed E-state index contributed by atoms with van der Waals surface area (Å²) in [5.74, 6) is 0.576. The molecule has 1 heterocycles. The molecule has 0 N–H and O–H groups in total. The quantitative estimate of drug-likeness (QED) is 0.602. The lowest BCUT2D eigenvalue weighted by molar-refractivity contribution is -0.687. The van der Waals surface area contributed by atoms with E-state index in [-0.39, 0.29) is 0 Å². The summed E-state index contributed by atoms with van der Waals surface area (Å²) in [5, 5.41) is 0. The Morgan fingerprint density at radius 1 is 1.21 bits per heavy atom. The van der Waals surface area contributed by atoms with Gasteiger partial charge in [0.1, 0.15) is 7.05 Å². The number of rotatable bonds is 1. The third-order valence-corrected chi connectivity index (χ3v) is 3.26. The average molecular weight is 192 g/mol. The van der Waals surface area contributed by atoms with Gasteiger partial charge >= 0.3 is 0 Å². The van der Waals surface area contributed by atoms with Crippen molar-refractivity contribution in [3.05, 3.63) is 29.6 Å². The maximum Gasteiger partial charge on any atom is 0.184 e. The van der Waals surface area contributed by atoms with E-state index >= 15 is 0 Å². The van der Waals surface area contributed by atoms with Gasteiger partial charge in [-0.05, 0) is 11.5 Å². The molecule has 1 atom stereocenters. The zero-order valence-corrected chi connectivity index (χ0v) is 10.3. The molecule has 0 radical (unpaired) electrons. The molecule has 0 amide bonds. The minimum Gasteiger partial charge on any atom is -0.202 e. The van der Waals surface area contributed by atoms with E-state index < -0.39 is 0 Å². The standard InChI is InChI=1S/C13H22N/c1-10-8-7-9-12(14(10)6)11(2)13(3,4)5/h7-9,11H,1-6H3/q+1. The van der Waals surface area contributed by atoms with Gasteiger partial charge in [-0.3, -0.25) is 0 Å². The minimum atomic E-state index is 0.325. The lowest BCUT2D eigenvalue weighted by atomic mass is 9.79. The Morgan fingerprint density at radius 3 is 2.29 bits per heavy atom. The van der Waals surface area contributed by atoms with Gasteiger partial charge in [0, 0.05) is 25.0 Å². The van der Waals surface area contributed by atoms with Crippen LogP contribution in [-0.2, 0) is 7.05 Å². The third kappa shape index (κ3) is 2.14. The van der Waals surface area contributed by atoms with Crippen LogP contribution in [0.5, 0.6) is 0 Å². The minimum absolute atomic E-state index is 0.325. The SMILES string of the molecule is Cc1cccc(C(C)C(C)(C)C)[n+]1C. The normalized spacial score (nSPS) is 14.1. The van der Waals surface area contributed by atoms with Crippen LogP contribution in [0.1, 0.15) is 45.0 Å². The highest BCUT2D eigenvalue weighted by atomic mass is 14.9. The van der Waals surface area contributed by atoms with E-state index in [9.17, 15) is 0 Å². The highest BCUT2D eigenvalue weighted by Gasteiger charge is 2.28. The summed E-state index contributed by atoms with van der Waals surface area (Å²) < 4.78 is 2.29. The van der Waals surface area contributed by atoms with Gasteiger partial charge in [0.25, 0.3) is 0 Å². The number of pyridine rings is 1. The van der Waals surface area contributed by atoms with Gasteiger partial charge in [0.15, 0.2) is 11.4 Å². The molecule has 14 heavy (non-hydrogen) atoms. The second kappa shape index (κ2) is 3.72. The Kier molecular flexibility index (Phi) is 2.98. The van der Waals surface area contributed by atoms with Gasteiger partial charge in [-0.1, -0.05) is 27.7 Å². The van der Waals surface area contributed by atoms with E-state index in [0.29, 0.717) is 11.3 Å². The Hall–Kier alpha value is -0.850. The molecule has 1 nitrogen and oxygen atoms in total. The van der Waals surface area contributed by atoms with Crippen LogP contribution in [0.25, 0.3) is 0 Å². The molecule has 78 valence electrons. The number of hydrogen-bond donors (Lipinski definition) is 0. The van der Waals surface area contributed by atoms with Gasteiger partial charge in [-0.25, -0.2) is 4.57 Å². The van der Waals surface area contributed by atoms with Crippen LogP contribution in [0.3, 0.4) is 0 Å². The summed E-state index contributed by atoms with van der Waals surface area (Å²) in [6.45, 7) is 11.3. The van der Waals surface area contributed by atoms with E-state index in [1.807, 2.05) is 0 Å². The molecule has 1 aromatic rings. The molecule has 0 bridgehead atoms. The molecule has 0 aliphatic carbocycles. The van der Waals surface area contributed by atoms with Crippen LogP contribution in [0.2, 0.25) is 0 Å². The lowest BCUT2D eigenvalue weighted by Crippen LogP contribution is -2.40. The second-order valence-corrected chi connectivity index (χ2v) is 5.24. The van der Waals surface area contributed by atoms with Crippen molar-refractivity contribution in [2.75, 3.05) is 0 Å². The molecule has 1 rings (SSSR count). The zero-order valence-electron chi connectivity index (χ0n) is 10.3. The van der Waals surface area contributed by atoms with Gasteiger partial charge in [0.2, 0.25) is 0 Å². The van der Waals surface area contributed by atoms with Gasteiger partial charge in [-0.2, -0.15) is 0 Å². The summed E-state index contributed by atoms with van der Waals surface area (Å²) in [6.07, 6.45) is 0. The number of hydrogen-bond acceptors (Lipinski definition) is 0. The summed E-state index contributed by atoms with van der Waals surface area (Å²) in [5.41, 5.74) is 3.06. The Morgan fingerprint density at radius 2 is 1.79 bits per heavy atom. The van der Waals surface area contributed by atoms with Crippen molar-refractivity contribution >= 4 is 0 Å². The summed E-state index contributed by atoms with van der Waals surface area (Å²) in [6, 6.07) is 6.52. The smallest absolute Gasteiger partial charge is 0.184 e. The Balaban J connectivity index is 3.14. The van der Waals surface area contributed by atoms with Crippen LogP contribution < -0.4 is 4.57 Å². The largest absolute Gasteiger partial charge is 0.202 e. The van der Waals surface area contributed by atoms with Crippen molar-refractivity contribution in [2.45, 2.75) is 40.5 Å². The van der Waals surface area contributed by atoms with Gasteiger partial charge in [-0.15, -0.1) is 0 Å². The molecule has 0 aromatic carbocycles. The van der Waals surface area contributed by atoms with Crippen molar-refractivity contribution in [3.63, 3.8) is 0 Å². The molecule has 0 saturated heterocycles. The predicted molar refractivity (Wildman–Crippen MR) is 60.2 cm³/mol. The van der Waals surface area contributed by atoms with E-state index in [4.69, 9.17) is 0 Å². The molecule has 0 fully saturated rings. The fourth-order valence-corrected chi connectivity index (χ4v) is 1.59. The third-order valence-electron chi connectivity index (χ3n) is 3.26. The second-order valence-electron chi connectivity index (χ2n) is 5.24. The molecule has 1 unspecified atom stereocenters. The zero-order chi connectivity index (χ0) is 10.9. The molecule has 0 aliphatic heterocycles. The maximum atomic E-state index is 2.30. The Bertz CT molecular complexity index is 320. The highest BCUT2D eigenvalue weighted by molar-refractivity contribution is 5.08. The van der Waals surface area contributed by atoms with Crippen LogP contribution >= 0.6 is 0 Å². The molecule has 1 heteroatoms. The van der Waals surface area contributed by atoms with Crippen molar-refractivity contribution in [3.8, 4) is 0 Å². The van der Waals surface area contributed by atoms with Crippen molar-refractivity contribution in [1.29, 1.82) is 0 Å². The monoisotopic (exact) mass is 192 g/mol. The molecule has 0 spiro atoms. The lowest BCUT2D eigenvalue weighted by Gasteiger charge is -2.25. The first-order chi connectivity index (χ1) is 6.34. The average Bonchev–Trinajstić information content (AvgIpc) is 2.07. The van der Waals surface area contributed by atoms with E-state index in [1.54, 1.807) is 0 Å². The summed E-state index contributed by atoms with van der Waals surface area (Å²) >= 11 is 0. The van der Waals surface area contributed by atoms with Crippen LogP contribution in [0.15, 0.2) is 18.2 Å². The number of aryl methyl sites for hydroxylation is 1. The maximum absolute atomic E-state index is 2.30. The first kappa shape index (κ1) is 11.2. The Labute approximate surface area is 87.8 Å². The first-order valence-corrected chi connectivity index (χ1v) is 5.29. The molecular weight excluding hydrogens is 170 g/mol. The molecular formula is C13H22N+. The van der Waals surface area contributed by atoms with Crippen LogP contribution in [-0.4, -0.2) is 0 Å². The van der Waals surface area contributed by atoms with E-state index in [0.717, 1.165) is 0 Å². The molecule has 0 aliphatic rings. The van der Waals surface area contributed by atoms with Crippen LogP contribution in [0, 0.1) is 12.3 Å². The molecule has 1 aromatic heterocycles. The predicted octanol–water partition coefficient (Wildman–Crippen LogP) is 2.97. The number of aromatic nitrogens is 1.